The molecule has 4 amide bonds. The standard InChI is InChI=1S/C54H72N6O7/c1-10-47(61)58-27-25-39(32-58)51(63)57(8)48(34(3)4)50(62)55-45-29-36-18-16-19-37(28-36)38-23-24-46-42(30-38)43(31-54(6,7)33-67-53(65)44-22-17-26-60(56-44)52(45)64)49(59(46)11-2)41-21-15-13-12-14-20-40(41)35(5)66-9/h10,15-16,18-19,21,23-24,28,30,34-35,39,44-45,48,56H,1,11-14,17,20,22,25-27,29,31-33H2,2-9H3,(H,55,62)/b21-15-,41-40-/t35-,39-,44-,45-,48-/m0/s1. The average molecular weight is 917 g/mol. The number of fused-ring (bicyclic) bond motifs is 6. The second-order valence-electron chi connectivity index (χ2n) is 20.1. The number of cyclic esters (lactones) is 1. The number of allylic oxidation sites excluding steroid dienone is 3. The monoisotopic (exact) mass is 917 g/mol. The third-order valence-electron chi connectivity index (χ3n) is 14.3. The van der Waals surface area contributed by atoms with Gasteiger partial charge in [0.2, 0.25) is 17.7 Å². The van der Waals surface area contributed by atoms with Crippen molar-refractivity contribution < 1.29 is 33.4 Å². The number of hydrogen-bond donors (Lipinski definition) is 2. The Morgan fingerprint density at radius 2 is 1.82 bits per heavy atom. The Labute approximate surface area is 396 Å². The summed E-state index contributed by atoms with van der Waals surface area (Å²) < 4.78 is 14.6. The number of methoxy groups -OCH3 is 1. The molecule has 2 saturated heterocycles. The molecule has 3 aromatic rings. The van der Waals surface area contributed by atoms with Crippen molar-refractivity contribution in [2.24, 2.45) is 17.3 Å². The second kappa shape index (κ2) is 21.2. The van der Waals surface area contributed by atoms with E-state index in [2.05, 4.69) is 92.1 Å². The number of nitrogens with zero attached hydrogens (tertiary/aromatic N) is 4. The highest BCUT2D eigenvalue weighted by Crippen LogP contribution is 2.41. The molecule has 2 fully saturated rings. The number of esters is 1. The molecule has 4 heterocycles. The largest absolute Gasteiger partial charge is 0.464 e. The molecule has 2 aromatic carbocycles. The van der Waals surface area contributed by atoms with E-state index in [4.69, 9.17) is 9.47 Å². The Morgan fingerprint density at radius 1 is 1.04 bits per heavy atom. The van der Waals surface area contributed by atoms with Crippen molar-refractivity contribution in [1.82, 2.24) is 30.1 Å². The van der Waals surface area contributed by atoms with Gasteiger partial charge in [0, 0.05) is 63.1 Å². The topological polar surface area (TPSA) is 143 Å². The van der Waals surface area contributed by atoms with Crippen molar-refractivity contribution in [2.45, 2.75) is 130 Å². The quantitative estimate of drug-likeness (QED) is 0.158. The van der Waals surface area contributed by atoms with Crippen molar-refractivity contribution in [2.75, 3.05) is 40.4 Å². The summed E-state index contributed by atoms with van der Waals surface area (Å²) in [6, 6.07) is 12.1. The number of ether oxygens (including phenoxy) is 2. The van der Waals surface area contributed by atoms with E-state index in [1.165, 1.54) is 38.4 Å². The maximum atomic E-state index is 14.7. The molecular weight excluding hydrogens is 845 g/mol. The summed E-state index contributed by atoms with van der Waals surface area (Å²) in [5.74, 6) is -2.49. The molecule has 2 N–H and O–H groups in total. The molecule has 360 valence electrons. The number of rotatable bonds is 10. The summed E-state index contributed by atoms with van der Waals surface area (Å²) >= 11 is 0. The van der Waals surface area contributed by atoms with Crippen LogP contribution in [0.4, 0.5) is 0 Å². The predicted octanol–water partition coefficient (Wildman–Crippen LogP) is 7.41. The number of hydrogen-bond acceptors (Lipinski definition) is 8. The summed E-state index contributed by atoms with van der Waals surface area (Å²) in [4.78, 5) is 72.6. The minimum Gasteiger partial charge on any atom is -0.464 e. The van der Waals surface area contributed by atoms with Crippen molar-refractivity contribution in [1.29, 1.82) is 0 Å². The highest BCUT2D eigenvalue weighted by Gasteiger charge is 2.40. The van der Waals surface area contributed by atoms with E-state index >= 15 is 0 Å². The number of likely N-dealkylation sites (N-methyl/N-ethyl adjacent to an activating group) is 1. The van der Waals surface area contributed by atoms with Crippen LogP contribution >= 0.6 is 0 Å². The molecule has 13 nitrogen and oxygen atoms in total. The molecule has 1 aromatic heterocycles. The van der Waals surface area contributed by atoms with Gasteiger partial charge < -0.3 is 29.2 Å². The third-order valence-corrected chi connectivity index (χ3v) is 14.3. The zero-order chi connectivity index (χ0) is 48.2. The molecule has 0 unspecified atom stereocenters. The van der Waals surface area contributed by atoms with Crippen molar-refractivity contribution in [3.63, 3.8) is 0 Å². The van der Waals surface area contributed by atoms with E-state index in [0.29, 0.717) is 38.8 Å². The first-order chi connectivity index (χ1) is 32.0. The Kier molecular flexibility index (Phi) is 15.6. The second-order valence-corrected chi connectivity index (χ2v) is 20.1. The van der Waals surface area contributed by atoms with Gasteiger partial charge in [0.05, 0.1) is 24.3 Å². The van der Waals surface area contributed by atoms with Crippen LogP contribution in [0.1, 0.15) is 103 Å². The summed E-state index contributed by atoms with van der Waals surface area (Å²) in [6.07, 6.45) is 12.3. The van der Waals surface area contributed by atoms with Gasteiger partial charge in [-0.2, -0.15) is 0 Å². The molecule has 5 atom stereocenters. The minimum absolute atomic E-state index is 0.0682. The van der Waals surface area contributed by atoms with Crippen LogP contribution in [0, 0.1) is 17.3 Å². The van der Waals surface area contributed by atoms with Gasteiger partial charge in [0.25, 0.3) is 5.91 Å². The molecule has 6 bridgehead atoms. The van der Waals surface area contributed by atoms with Crippen LogP contribution < -0.4 is 10.7 Å². The van der Waals surface area contributed by atoms with Crippen LogP contribution in [0.2, 0.25) is 0 Å². The fourth-order valence-electron chi connectivity index (χ4n) is 10.6. The number of carbonyl (C=O) groups is 5. The summed E-state index contributed by atoms with van der Waals surface area (Å²) in [7, 11) is 3.40. The maximum absolute atomic E-state index is 14.7. The number of hydrazine groups is 1. The number of benzene rings is 2. The molecule has 0 saturated carbocycles. The van der Waals surface area contributed by atoms with E-state index in [-0.39, 0.29) is 49.3 Å². The number of amides is 4. The Hall–Kier alpha value is -5.53. The van der Waals surface area contributed by atoms with E-state index in [1.54, 1.807) is 19.1 Å². The van der Waals surface area contributed by atoms with Crippen LogP contribution in [-0.4, -0.2) is 114 Å². The lowest BCUT2D eigenvalue weighted by molar-refractivity contribution is -0.155. The van der Waals surface area contributed by atoms with Gasteiger partial charge in [-0.1, -0.05) is 76.8 Å². The normalized spacial score (nSPS) is 24.0. The number of likely N-dealkylation sites (tertiary alicyclic amines) is 1. The summed E-state index contributed by atoms with van der Waals surface area (Å²) in [5, 5.41) is 5.67. The molecule has 67 heavy (non-hydrogen) atoms. The van der Waals surface area contributed by atoms with Gasteiger partial charge in [0.15, 0.2) is 0 Å². The lowest BCUT2D eigenvalue weighted by atomic mass is 9.83. The van der Waals surface area contributed by atoms with Gasteiger partial charge in [-0.05, 0) is 123 Å². The SMILES string of the molecule is C=CC(=O)N1CC[C@H](C(=O)N(C)[C@H](C(=O)N[C@H]2Cc3cccc(c3)-c3ccc4c(c3)c(c(C3=C(\[C@H](C)OC)CCCC/C=C\3)n4CC)CC(C)(C)COC(=O)[C@@H]3CCCN(N3)C2=O)C(C)C)C1. The average Bonchev–Trinajstić information content (AvgIpc) is 3.92. The highest BCUT2D eigenvalue weighted by molar-refractivity contribution is 5.96. The zero-order valence-corrected chi connectivity index (χ0v) is 41.0. The summed E-state index contributed by atoms with van der Waals surface area (Å²) in [6.45, 7) is 17.9. The third kappa shape index (κ3) is 10.8. The molecule has 0 spiro atoms. The van der Waals surface area contributed by atoms with E-state index in [1.807, 2.05) is 26.0 Å². The minimum atomic E-state index is -1.04. The van der Waals surface area contributed by atoms with Gasteiger partial charge in [-0.25, -0.2) is 5.43 Å². The Bertz CT molecular complexity index is 2430. The first-order valence-electron chi connectivity index (χ1n) is 24.4. The molecule has 1 aliphatic carbocycles. The fraction of sp³-hybridized carbons (Fsp3) is 0.537. The maximum Gasteiger partial charge on any atom is 0.324 e. The molecule has 0 radical (unpaired) electrons. The van der Waals surface area contributed by atoms with Crippen LogP contribution in [0.5, 0.6) is 0 Å². The predicted molar refractivity (Wildman–Crippen MR) is 262 cm³/mol. The molecule has 13 heteroatoms. The van der Waals surface area contributed by atoms with Crippen LogP contribution in [0.15, 0.2) is 72.8 Å². The number of carbonyl (C=O) groups excluding carboxylic acids is 5. The van der Waals surface area contributed by atoms with Gasteiger partial charge in [0.1, 0.15) is 18.1 Å². The first kappa shape index (κ1) is 49.4. The summed E-state index contributed by atoms with van der Waals surface area (Å²) in [5.41, 5.74) is 11.5. The highest BCUT2D eigenvalue weighted by atomic mass is 16.5. The van der Waals surface area contributed by atoms with Crippen molar-refractivity contribution in [3.8, 4) is 11.1 Å². The van der Waals surface area contributed by atoms with Crippen LogP contribution in [0.3, 0.4) is 0 Å². The zero-order valence-electron chi connectivity index (χ0n) is 41.0. The van der Waals surface area contributed by atoms with Crippen molar-refractivity contribution >= 4 is 46.1 Å². The lowest BCUT2D eigenvalue weighted by Crippen LogP contribution is -2.62. The number of aromatic nitrogens is 1. The number of aryl methyl sites for hydroxylation is 1. The smallest absolute Gasteiger partial charge is 0.324 e. The van der Waals surface area contributed by atoms with Crippen molar-refractivity contribution in [3.05, 3.63) is 89.7 Å². The number of nitrogens with one attached hydrogen (secondary N) is 2. The Morgan fingerprint density at radius 3 is 2.55 bits per heavy atom. The van der Waals surface area contributed by atoms with Gasteiger partial charge >= 0.3 is 5.97 Å². The van der Waals surface area contributed by atoms with E-state index in [0.717, 1.165) is 59.8 Å². The molecular formula is C54H72N6O7. The molecule has 3 aliphatic heterocycles. The van der Waals surface area contributed by atoms with Crippen LogP contribution in [0.25, 0.3) is 27.6 Å². The lowest BCUT2D eigenvalue weighted by Gasteiger charge is -2.37. The van der Waals surface area contributed by atoms with E-state index < -0.39 is 41.3 Å². The van der Waals surface area contributed by atoms with E-state index in [9.17, 15) is 24.0 Å². The fourth-order valence-corrected chi connectivity index (χ4v) is 10.6. The first-order valence-corrected chi connectivity index (χ1v) is 24.4. The molecule has 7 rings (SSSR count). The van der Waals surface area contributed by atoms with Gasteiger partial charge in [-0.3, -0.25) is 29.0 Å². The molecule has 4 aliphatic rings. The van der Waals surface area contributed by atoms with Crippen LogP contribution in [-0.2, 0) is 52.8 Å². The van der Waals surface area contributed by atoms with Gasteiger partial charge in [-0.15, -0.1) is 0 Å². The Balaban J connectivity index is 1.30.